The third-order valence-corrected chi connectivity index (χ3v) is 6.80. The van der Waals surface area contributed by atoms with Crippen LogP contribution in [0.4, 0.5) is 5.69 Å². The Balaban J connectivity index is 1.27. The van der Waals surface area contributed by atoms with Gasteiger partial charge >= 0.3 is 0 Å². The molecule has 160 valence electrons. The van der Waals surface area contributed by atoms with E-state index < -0.39 is 0 Å². The molecule has 2 aliphatic rings. The van der Waals surface area contributed by atoms with E-state index in [2.05, 4.69) is 48.3 Å². The van der Waals surface area contributed by atoms with Crippen molar-refractivity contribution >= 4 is 11.6 Å². The second-order valence-electron chi connectivity index (χ2n) is 9.50. The lowest BCUT2D eigenvalue weighted by Crippen LogP contribution is -2.35. The Hall–Kier alpha value is -2.33. The minimum Gasteiger partial charge on any atom is -0.495 e. The molecule has 1 spiro atoms. The zero-order valence-electron chi connectivity index (χ0n) is 18.5. The summed E-state index contributed by atoms with van der Waals surface area (Å²) in [5, 5.41) is 3.09. The van der Waals surface area contributed by atoms with E-state index >= 15 is 0 Å². The molecule has 1 amide bonds. The minimum atomic E-state index is 0.139. The van der Waals surface area contributed by atoms with Gasteiger partial charge in [0.05, 0.1) is 12.8 Å². The molecular formula is C26H34N2O2. The number of piperidine rings is 1. The Morgan fingerprint density at radius 3 is 2.43 bits per heavy atom. The number of likely N-dealkylation sites (tertiary alicyclic amines) is 1. The Bertz CT molecular complexity index is 867. The van der Waals surface area contributed by atoms with Crippen molar-refractivity contribution in [2.75, 3.05) is 25.5 Å². The molecule has 0 radical (unpaired) electrons. The van der Waals surface area contributed by atoms with Crippen LogP contribution in [0.2, 0.25) is 0 Å². The van der Waals surface area contributed by atoms with Gasteiger partial charge in [0.15, 0.2) is 0 Å². The van der Waals surface area contributed by atoms with E-state index in [-0.39, 0.29) is 17.2 Å². The number of benzene rings is 2. The van der Waals surface area contributed by atoms with Gasteiger partial charge in [-0.15, -0.1) is 0 Å². The van der Waals surface area contributed by atoms with Gasteiger partial charge in [0.2, 0.25) is 5.91 Å². The van der Waals surface area contributed by atoms with Gasteiger partial charge in [0.1, 0.15) is 5.75 Å². The fraction of sp³-hybridized carbons (Fsp3) is 0.500. The van der Waals surface area contributed by atoms with E-state index in [1.54, 1.807) is 7.11 Å². The highest BCUT2D eigenvalue weighted by molar-refractivity contribution is 5.96. The first-order valence-electron chi connectivity index (χ1n) is 11.2. The van der Waals surface area contributed by atoms with Crippen LogP contribution in [0.1, 0.15) is 44.2 Å². The molecule has 2 aromatic carbocycles. The van der Waals surface area contributed by atoms with Crippen molar-refractivity contribution < 1.29 is 9.53 Å². The van der Waals surface area contributed by atoms with Gasteiger partial charge in [-0.25, -0.2) is 0 Å². The average Bonchev–Trinajstić information content (AvgIpc) is 3.45. The molecule has 4 rings (SSSR count). The van der Waals surface area contributed by atoms with Crippen molar-refractivity contribution in [3.8, 4) is 5.75 Å². The number of amides is 1. The number of carbonyl (C=O) groups excluding carboxylic acids is 1. The smallest absolute Gasteiger partial charge is 0.228 e. The van der Waals surface area contributed by atoms with E-state index in [1.807, 2.05) is 24.3 Å². The maximum atomic E-state index is 12.8. The first-order chi connectivity index (χ1) is 14.5. The Kier molecular flexibility index (Phi) is 6.14. The third kappa shape index (κ3) is 4.70. The van der Waals surface area contributed by atoms with Gasteiger partial charge in [-0.05, 0) is 73.4 Å². The summed E-state index contributed by atoms with van der Waals surface area (Å²) in [6.45, 7) is 7.69. The molecule has 4 heteroatoms. The van der Waals surface area contributed by atoms with Gasteiger partial charge in [0.25, 0.3) is 0 Å². The SMILES string of the molecule is COc1ccccc1NC(=O)[C@H]1CC12CCN(Cc1ccc(CC(C)C)cc1)CC2. The summed E-state index contributed by atoms with van der Waals surface area (Å²) in [7, 11) is 1.64. The molecule has 4 nitrogen and oxygen atoms in total. The summed E-state index contributed by atoms with van der Waals surface area (Å²) >= 11 is 0. The predicted octanol–water partition coefficient (Wildman–Crippen LogP) is 5.13. The quantitative estimate of drug-likeness (QED) is 0.693. The molecule has 1 aliphatic carbocycles. The number of hydrogen-bond donors (Lipinski definition) is 1. The summed E-state index contributed by atoms with van der Waals surface area (Å²) in [6.07, 6.45) is 4.39. The molecule has 1 N–H and O–H groups in total. The number of methoxy groups -OCH3 is 1. The molecule has 2 aromatic rings. The van der Waals surface area contributed by atoms with Gasteiger partial charge < -0.3 is 10.1 Å². The predicted molar refractivity (Wildman–Crippen MR) is 122 cm³/mol. The lowest BCUT2D eigenvalue weighted by molar-refractivity contribution is -0.118. The molecule has 1 atom stereocenters. The Morgan fingerprint density at radius 1 is 1.10 bits per heavy atom. The molecule has 1 heterocycles. The summed E-state index contributed by atoms with van der Waals surface area (Å²) in [5.41, 5.74) is 3.79. The molecule has 1 saturated heterocycles. The van der Waals surface area contributed by atoms with Crippen LogP contribution in [0.3, 0.4) is 0 Å². The molecule has 30 heavy (non-hydrogen) atoms. The lowest BCUT2D eigenvalue weighted by atomic mass is 9.90. The van der Waals surface area contributed by atoms with Crippen molar-refractivity contribution in [2.45, 2.75) is 46.1 Å². The first-order valence-corrected chi connectivity index (χ1v) is 11.2. The molecule has 1 aliphatic heterocycles. The van der Waals surface area contributed by atoms with E-state index in [9.17, 15) is 4.79 Å². The van der Waals surface area contributed by atoms with Crippen molar-refractivity contribution in [3.63, 3.8) is 0 Å². The zero-order valence-corrected chi connectivity index (χ0v) is 18.5. The molecular weight excluding hydrogens is 372 g/mol. The highest BCUT2D eigenvalue weighted by Crippen LogP contribution is 2.59. The van der Waals surface area contributed by atoms with Crippen LogP contribution >= 0.6 is 0 Å². The first kappa shape index (κ1) is 20.9. The Labute approximate surface area is 180 Å². The number of rotatable bonds is 7. The Morgan fingerprint density at radius 2 is 1.77 bits per heavy atom. The lowest BCUT2D eigenvalue weighted by Gasteiger charge is -2.33. The normalized spacial score (nSPS) is 20.3. The zero-order chi connectivity index (χ0) is 21.1. The van der Waals surface area contributed by atoms with Crippen LogP contribution in [0.15, 0.2) is 48.5 Å². The summed E-state index contributed by atoms with van der Waals surface area (Å²) in [4.78, 5) is 15.4. The van der Waals surface area contributed by atoms with Crippen molar-refractivity contribution in [2.24, 2.45) is 17.3 Å². The maximum absolute atomic E-state index is 12.8. The van der Waals surface area contributed by atoms with Crippen LogP contribution in [-0.2, 0) is 17.8 Å². The van der Waals surface area contributed by atoms with Crippen LogP contribution in [0, 0.1) is 17.3 Å². The summed E-state index contributed by atoms with van der Waals surface area (Å²) < 4.78 is 5.36. The largest absolute Gasteiger partial charge is 0.495 e. The summed E-state index contributed by atoms with van der Waals surface area (Å²) in [5.74, 6) is 1.70. The van der Waals surface area contributed by atoms with E-state index in [4.69, 9.17) is 4.74 Å². The average molecular weight is 407 g/mol. The van der Waals surface area contributed by atoms with Crippen LogP contribution < -0.4 is 10.1 Å². The topological polar surface area (TPSA) is 41.6 Å². The number of ether oxygens (including phenoxy) is 1. The van der Waals surface area contributed by atoms with Crippen molar-refractivity contribution in [1.82, 2.24) is 4.90 Å². The monoisotopic (exact) mass is 406 g/mol. The van der Waals surface area contributed by atoms with Gasteiger partial charge in [-0.1, -0.05) is 50.2 Å². The number of hydrogen-bond acceptors (Lipinski definition) is 3. The standard InChI is InChI=1S/C26H34N2O2/c1-19(2)16-20-8-10-21(11-9-20)18-28-14-12-26(13-15-28)17-22(26)25(29)27-23-6-4-5-7-24(23)30-3/h4-11,19,22H,12-18H2,1-3H3,(H,27,29)/t22-/m1/s1. The minimum absolute atomic E-state index is 0.139. The van der Waals surface area contributed by atoms with E-state index in [1.165, 1.54) is 11.1 Å². The third-order valence-electron chi connectivity index (χ3n) is 6.80. The van der Waals surface area contributed by atoms with E-state index in [0.29, 0.717) is 5.92 Å². The molecule has 0 aromatic heterocycles. The van der Waals surface area contributed by atoms with Crippen LogP contribution in [-0.4, -0.2) is 31.0 Å². The maximum Gasteiger partial charge on any atom is 0.228 e. The molecule has 0 bridgehead atoms. The summed E-state index contributed by atoms with van der Waals surface area (Å²) in [6, 6.07) is 16.7. The van der Waals surface area contributed by atoms with Crippen molar-refractivity contribution in [3.05, 3.63) is 59.7 Å². The number of carbonyl (C=O) groups is 1. The van der Waals surface area contributed by atoms with Crippen LogP contribution in [0.5, 0.6) is 5.75 Å². The van der Waals surface area contributed by atoms with Crippen molar-refractivity contribution in [1.29, 1.82) is 0 Å². The van der Waals surface area contributed by atoms with Gasteiger partial charge in [-0.3, -0.25) is 9.69 Å². The number of anilines is 1. The highest BCUT2D eigenvalue weighted by Gasteiger charge is 2.58. The highest BCUT2D eigenvalue weighted by atomic mass is 16.5. The fourth-order valence-corrected chi connectivity index (χ4v) is 4.91. The van der Waals surface area contributed by atoms with E-state index in [0.717, 1.165) is 56.8 Å². The number of nitrogens with zero attached hydrogens (tertiary/aromatic N) is 1. The van der Waals surface area contributed by atoms with Crippen LogP contribution in [0.25, 0.3) is 0 Å². The van der Waals surface area contributed by atoms with Gasteiger partial charge in [0, 0.05) is 12.5 Å². The fourth-order valence-electron chi connectivity index (χ4n) is 4.91. The number of nitrogens with one attached hydrogen (secondary N) is 1. The molecule has 0 unspecified atom stereocenters. The van der Waals surface area contributed by atoms with Gasteiger partial charge in [-0.2, -0.15) is 0 Å². The molecule has 1 saturated carbocycles. The molecule has 2 fully saturated rings. The number of para-hydroxylation sites is 2. The second-order valence-corrected chi connectivity index (χ2v) is 9.50. The second kappa shape index (κ2) is 8.81.